The Kier molecular flexibility index (Phi) is 11.4. The fraction of sp³-hybridized carbons (Fsp3) is 0.333. The Morgan fingerprint density at radius 1 is 0.980 bits per heavy atom. The van der Waals surface area contributed by atoms with Crippen molar-refractivity contribution in [2.45, 2.75) is 51.5 Å². The lowest BCUT2D eigenvalue weighted by Gasteiger charge is -2.39. The van der Waals surface area contributed by atoms with Crippen molar-refractivity contribution in [2.75, 3.05) is 32.5 Å². The first-order valence-corrected chi connectivity index (χ1v) is 16.7. The van der Waals surface area contributed by atoms with Crippen LogP contribution in [0.4, 0.5) is 20.1 Å². The van der Waals surface area contributed by atoms with Crippen LogP contribution in [0, 0.1) is 6.92 Å². The van der Waals surface area contributed by atoms with Gasteiger partial charge in [-0.25, -0.2) is 19.3 Å². The fourth-order valence-electron chi connectivity index (χ4n) is 5.86. The van der Waals surface area contributed by atoms with Crippen LogP contribution in [0.5, 0.6) is 0 Å². The highest BCUT2D eigenvalue weighted by atomic mass is 35.5. The van der Waals surface area contributed by atoms with Gasteiger partial charge in [-0.15, -0.1) is 0 Å². The molecular weight excluding hydrogens is 680 g/mol. The van der Waals surface area contributed by atoms with Gasteiger partial charge in [-0.05, 0) is 53.8 Å². The van der Waals surface area contributed by atoms with Gasteiger partial charge in [-0.2, -0.15) is 0 Å². The molecule has 1 fully saturated rings. The average molecular weight is 719 g/mol. The second-order valence-corrected chi connectivity index (χ2v) is 12.9. The molecule has 0 bridgehead atoms. The molecule has 7 amide bonds. The summed E-state index contributed by atoms with van der Waals surface area (Å²) in [7, 11) is 2.79. The van der Waals surface area contributed by atoms with E-state index < -0.39 is 42.3 Å². The molecule has 1 saturated heterocycles. The fourth-order valence-corrected chi connectivity index (χ4v) is 6.04. The van der Waals surface area contributed by atoms with E-state index in [0.717, 1.165) is 20.9 Å². The third-order valence-corrected chi connectivity index (χ3v) is 9.28. The Morgan fingerprint density at radius 3 is 2.41 bits per heavy atom. The first-order valence-electron chi connectivity index (χ1n) is 16.3. The van der Waals surface area contributed by atoms with Crippen LogP contribution in [0.25, 0.3) is 0 Å². The molecule has 0 radical (unpaired) electrons. The minimum Gasteiger partial charge on any atom is -0.465 e. The molecule has 0 saturated carbocycles. The number of imide groups is 1. The number of carbonyl (C=O) groups excluding carboxylic acids is 5. The molecule has 0 aliphatic carbocycles. The summed E-state index contributed by atoms with van der Waals surface area (Å²) >= 11 is 6.15. The predicted molar refractivity (Wildman–Crippen MR) is 187 cm³/mol. The van der Waals surface area contributed by atoms with Crippen LogP contribution >= 0.6 is 11.6 Å². The van der Waals surface area contributed by atoms with E-state index in [1.54, 1.807) is 66.7 Å². The van der Waals surface area contributed by atoms with Gasteiger partial charge in [0, 0.05) is 69.4 Å². The monoisotopic (exact) mass is 718 g/mol. The van der Waals surface area contributed by atoms with E-state index in [0.29, 0.717) is 27.4 Å². The number of benzene rings is 3. The van der Waals surface area contributed by atoms with Crippen LogP contribution in [0.2, 0.25) is 5.02 Å². The van der Waals surface area contributed by atoms with Crippen molar-refractivity contribution in [2.24, 2.45) is 0 Å². The number of carboxylic acid groups (broad SMARTS) is 1. The number of ether oxygens (including phenoxy) is 1. The molecule has 2 aliphatic heterocycles. The standard InChI is InChI=1S/C36H39ClN6O8/c1-22-9-11-26(19-28(22)37)39-34(47)38-20-24-10-12-27-25(17-24)21-42(32(27)45)29-13-14-30(44)43(33(29)46)31(18-23-7-5-4-6-8-23)51-36(50)41(3)16-15-40(2)35(48)49/h4-12,17,19,29,31H,13-16,18,20-21H2,1-3H3,(H,48,49)(H2,38,39,47). The van der Waals surface area contributed by atoms with Gasteiger partial charge in [0.1, 0.15) is 6.04 Å². The third-order valence-electron chi connectivity index (χ3n) is 8.87. The van der Waals surface area contributed by atoms with E-state index >= 15 is 0 Å². The zero-order valence-electron chi connectivity index (χ0n) is 28.4. The molecule has 2 aliphatic rings. The van der Waals surface area contributed by atoms with Crippen LogP contribution in [0.15, 0.2) is 66.7 Å². The third kappa shape index (κ3) is 8.76. The van der Waals surface area contributed by atoms with E-state index in [1.165, 1.54) is 23.9 Å². The number of anilines is 1. The van der Waals surface area contributed by atoms with Gasteiger partial charge in [-0.1, -0.05) is 60.1 Å². The van der Waals surface area contributed by atoms with Crippen molar-refractivity contribution in [3.05, 3.63) is 99.6 Å². The highest BCUT2D eigenvalue weighted by molar-refractivity contribution is 6.31. The van der Waals surface area contributed by atoms with Crippen molar-refractivity contribution in [1.29, 1.82) is 0 Å². The number of likely N-dealkylation sites (N-methyl/N-ethyl adjacent to an activating group) is 2. The molecule has 14 nitrogen and oxygen atoms in total. The molecule has 51 heavy (non-hydrogen) atoms. The Bertz CT molecular complexity index is 1840. The number of halogens is 1. The molecule has 5 rings (SSSR count). The topological polar surface area (TPSA) is 169 Å². The zero-order valence-corrected chi connectivity index (χ0v) is 29.2. The number of hydrogen-bond donors (Lipinski definition) is 3. The molecule has 15 heteroatoms. The van der Waals surface area contributed by atoms with E-state index in [4.69, 9.17) is 21.4 Å². The van der Waals surface area contributed by atoms with E-state index in [1.807, 2.05) is 6.92 Å². The first-order chi connectivity index (χ1) is 24.3. The van der Waals surface area contributed by atoms with Crippen LogP contribution in [-0.2, 0) is 33.8 Å². The van der Waals surface area contributed by atoms with Crippen molar-refractivity contribution in [3.8, 4) is 0 Å². The second kappa shape index (κ2) is 15.9. The Morgan fingerprint density at radius 2 is 1.71 bits per heavy atom. The number of nitrogens with one attached hydrogen (secondary N) is 2. The molecule has 2 heterocycles. The predicted octanol–water partition coefficient (Wildman–Crippen LogP) is 4.69. The highest BCUT2D eigenvalue weighted by Crippen LogP contribution is 2.31. The van der Waals surface area contributed by atoms with Crippen molar-refractivity contribution in [1.82, 2.24) is 24.9 Å². The van der Waals surface area contributed by atoms with Crippen LogP contribution in [-0.4, -0.2) is 100 Å². The SMILES string of the molecule is Cc1ccc(NC(=O)NCc2ccc3c(c2)CN(C2CCC(=O)N(C(Cc4ccccc4)OC(=O)N(C)CCN(C)C(=O)O)C2=O)C3=O)cc1Cl. The molecule has 2 unspecified atom stereocenters. The Hall–Kier alpha value is -5.63. The average Bonchev–Trinajstić information content (AvgIpc) is 3.42. The van der Waals surface area contributed by atoms with Gasteiger partial charge in [0.2, 0.25) is 5.91 Å². The van der Waals surface area contributed by atoms with E-state index in [-0.39, 0.29) is 51.3 Å². The molecule has 3 aromatic rings. The van der Waals surface area contributed by atoms with Gasteiger partial charge in [0.05, 0.1) is 0 Å². The largest absolute Gasteiger partial charge is 0.465 e. The minimum atomic E-state index is -1.32. The van der Waals surface area contributed by atoms with E-state index in [2.05, 4.69) is 10.6 Å². The Balaban J connectivity index is 1.27. The number of hydrogen-bond acceptors (Lipinski definition) is 7. The maximum absolute atomic E-state index is 14.1. The second-order valence-electron chi connectivity index (χ2n) is 12.5. The zero-order chi connectivity index (χ0) is 36.8. The van der Waals surface area contributed by atoms with Crippen molar-refractivity contribution in [3.63, 3.8) is 0 Å². The number of piperidine rings is 1. The minimum absolute atomic E-state index is 0.00848. The summed E-state index contributed by atoms with van der Waals surface area (Å²) in [5.41, 5.74) is 3.95. The number of urea groups is 1. The van der Waals surface area contributed by atoms with Crippen LogP contribution < -0.4 is 10.6 Å². The summed E-state index contributed by atoms with van der Waals surface area (Å²) in [6.45, 7) is 2.16. The summed E-state index contributed by atoms with van der Waals surface area (Å²) in [6.07, 6.45) is -3.28. The van der Waals surface area contributed by atoms with Gasteiger partial charge >= 0.3 is 18.2 Å². The smallest absolute Gasteiger partial charge is 0.411 e. The van der Waals surface area contributed by atoms with Gasteiger partial charge in [0.25, 0.3) is 11.8 Å². The number of likely N-dealkylation sites (tertiary alicyclic amines) is 1. The van der Waals surface area contributed by atoms with Crippen molar-refractivity contribution >= 4 is 53.2 Å². The lowest BCUT2D eigenvalue weighted by Crippen LogP contribution is -2.59. The summed E-state index contributed by atoms with van der Waals surface area (Å²) in [6, 6.07) is 17.9. The number of aryl methyl sites for hydroxylation is 1. The molecule has 0 aromatic heterocycles. The molecule has 268 valence electrons. The summed E-state index contributed by atoms with van der Waals surface area (Å²) < 4.78 is 5.76. The lowest BCUT2D eigenvalue weighted by molar-refractivity contribution is -0.164. The molecule has 3 N–H and O–H groups in total. The summed E-state index contributed by atoms with van der Waals surface area (Å²) in [5, 5.41) is 15.2. The number of carbonyl (C=O) groups is 6. The summed E-state index contributed by atoms with van der Waals surface area (Å²) in [4.78, 5) is 82.4. The van der Waals surface area contributed by atoms with Gasteiger partial charge in [0.15, 0.2) is 6.23 Å². The Labute approximate surface area is 299 Å². The summed E-state index contributed by atoms with van der Waals surface area (Å²) in [5.74, 6) is -1.57. The number of amides is 7. The first kappa shape index (κ1) is 36.6. The maximum atomic E-state index is 14.1. The van der Waals surface area contributed by atoms with Crippen LogP contribution in [0.3, 0.4) is 0 Å². The highest BCUT2D eigenvalue weighted by Gasteiger charge is 2.46. The van der Waals surface area contributed by atoms with Crippen molar-refractivity contribution < 1.29 is 38.6 Å². The molecule has 0 spiro atoms. The number of nitrogens with zero attached hydrogens (tertiary/aromatic N) is 4. The number of rotatable bonds is 11. The number of fused-ring (bicyclic) bond motifs is 1. The lowest BCUT2D eigenvalue weighted by atomic mass is 10.0. The maximum Gasteiger partial charge on any atom is 0.411 e. The molecular formula is C36H39ClN6O8. The van der Waals surface area contributed by atoms with Crippen LogP contribution in [0.1, 0.15) is 45.5 Å². The van der Waals surface area contributed by atoms with Gasteiger partial charge < -0.3 is 35.2 Å². The molecule has 3 aromatic carbocycles. The van der Waals surface area contributed by atoms with E-state index in [9.17, 15) is 28.8 Å². The quantitative estimate of drug-likeness (QED) is 0.240. The molecule has 2 atom stereocenters. The normalized spacial score (nSPS) is 16.0. The van der Waals surface area contributed by atoms with Gasteiger partial charge in [-0.3, -0.25) is 14.4 Å².